The summed E-state index contributed by atoms with van der Waals surface area (Å²) < 4.78 is 5.29. The molecule has 3 heteroatoms. The maximum absolute atomic E-state index is 8.83. The van der Waals surface area contributed by atoms with E-state index in [4.69, 9.17) is 9.94 Å². The van der Waals surface area contributed by atoms with Crippen LogP contribution in [0.3, 0.4) is 0 Å². The lowest BCUT2D eigenvalue weighted by atomic mass is 10.0. The van der Waals surface area contributed by atoms with E-state index in [0.717, 1.165) is 22.1 Å². The third-order valence-corrected chi connectivity index (χ3v) is 2.64. The third-order valence-electron chi connectivity index (χ3n) is 2.64. The number of methoxy groups -OCH3 is 1. The van der Waals surface area contributed by atoms with Gasteiger partial charge in [0.1, 0.15) is 5.75 Å². The molecule has 0 heterocycles. The highest BCUT2D eigenvalue weighted by molar-refractivity contribution is 6.10. The summed E-state index contributed by atoms with van der Waals surface area (Å²) in [5, 5.41) is 14.1. The molecule has 2 aromatic rings. The van der Waals surface area contributed by atoms with Crippen LogP contribution in [0.2, 0.25) is 0 Å². The number of fused-ring (bicyclic) bond motifs is 1. The first-order chi connectivity index (χ1) is 7.77. The molecule has 0 aliphatic heterocycles. The second kappa shape index (κ2) is 4.23. The summed E-state index contributed by atoms with van der Waals surface area (Å²) >= 11 is 0. The highest BCUT2D eigenvalue weighted by Crippen LogP contribution is 2.28. The van der Waals surface area contributed by atoms with Gasteiger partial charge in [0.25, 0.3) is 0 Å². The summed E-state index contributed by atoms with van der Waals surface area (Å²) in [6.45, 7) is 1.77. The molecule has 0 aromatic heterocycles. The number of rotatable bonds is 2. The van der Waals surface area contributed by atoms with Gasteiger partial charge in [-0.3, -0.25) is 0 Å². The van der Waals surface area contributed by atoms with Crippen molar-refractivity contribution in [2.24, 2.45) is 5.16 Å². The monoisotopic (exact) mass is 215 g/mol. The largest absolute Gasteiger partial charge is 0.496 e. The average Bonchev–Trinajstić information content (AvgIpc) is 2.36. The molecule has 2 aromatic carbocycles. The van der Waals surface area contributed by atoms with E-state index in [-0.39, 0.29) is 0 Å². The van der Waals surface area contributed by atoms with Crippen LogP contribution in [-0.4, -0.2) is 18.0 Å². The molecule has 0 atom stereocenters. The van der Waals surface area contributed by atoms with Gasteiger partial charge in [-0.05, 0) is 24.4 Å². The van der Waals surface area contributed by atoms with E-state index in [0.29, 0.717) is 5.71 Å². The molecule has 1 N–H and O–H groups in total. The molecule has 3 nitrogen and oxygen atoms in total. The minimum absolute atomic E-state index is 0.596. The number of benzene rings is 2. The molecule has 0 bridgehead atoms. The van der Waals surface area contributed by atoms with Crippen molar-refractivity contribution in [2.75, 3.05) is 7.11 Å². The van der Waals surface area contributed by atoms with Crippen molar-refractivity contribution in [3.8, 4) is 5.75 Å². The Hall–Kier alpha value is -2.03. The van der Waals surface area contributed by atoms with Gasteiger partial charge in [0.2, 0.25) is 0 Å². The zero-order chi connectivity index (χ0) is 11.5. The van der Waals surface area contributed by atoms with E-state index in [9.17, 15) is 0 Å². The van der Waals surface area contributed by atoms with E-state index in [1.165, 1.54) is 0 Å². The van der Waals surface area contributed by atoms with Crippen molar-refractivity contribution in [1.82, 2.24) is 0 Å². The molecule has 0 aliphatic carbocycles. The molecule has 0 spiro atoms. The van der Waals surface area contributed by atoms with E-state index >= 15 is 0 Å². The Kier molecular flexibility index (Phi) is 2.77. The van der Waals surface area contributed by atoms with E-state index in [2.05, 4.69) is 5.16 Å². The molecule has 16 heavy (non-hydrogen) atoms. The van der Waals surface area contributed by atoms with Crippen molar-refractivity contribution in [3.63, 3.8) is 0 Å². The van der Waals surface area contributed by atoms with Gasteiger partial charge in [-0.25, -0.2) is 0 Å². The van der Waals surface area contributed by atoms with Crippen molar-refractivity contribution in [1.29, 1.82) is 0 Å². The maximum Gasteiger partial charge on any atom is 0.126 e. The average molecular weight is 215 g/mol. The van der Waals surface area contributed by atoms with Crippen LogP contribution in [0.5, 0.6) is 5.75 Å². The first kappa shape index (κ1) is 10.5. The Morgan fingerprint density at radius 3 is 2.44 bits per heavy atom. The molecule has 0 saturated heterocycles. The van der Waals surface area contributed by atoms with E-state index in [1.807, 2.05) is 36.4 Å². The molecule has 82 valence electrons. The molecular weight excluding hydrogens is 202 g/mol. The Labute approximate surface area is 94.0 Å². The number of hydrogen-bond donors (Lipinski definition) is 1. The quantitative estimate of drug-likeness (QED) is 0.475. The SMILES string of the molecule is COc1ccc(C(C)=NO)c2ccccc12. The summed E-state index contributed by atoms with van der Waals surface area (Å²) in [4.78, 5) is 0. The van der Waals surface area contributed by atoms with Gasteiger partial charge in [0.15, 0.2) is 0 Å². The summed E-state index contributed by atoms with van der Waals surface area (Å²) in [7, 11) is 1.65. The smallest absolute Gasteiger partial charge is 0.126 e. The van der Waals surface area contributed by atoms with Gasteiger partial charge in [0.05, 0.1) is 12.8 Å². The van der Waals surface area contributed by atoms with Gasteiger partial charge >= 0.3 is 0 Å². The van der Waals surface area contributed by atoms with Crippen LogP contribution in [0.15, 0.2) is 41.6 Å². The Morgan fingerprint density at radius 1 is 1.12 bits per heavy atom. The highest BCUT2D eigenvalue weighted by Gasteiger charge is 2.07. The first-order valence-electron chi connectivity index (χ1n) is 5.02. The predicted molar refractivity (Wildman–Crippen MR) is 64.5 cm³/mol. The normalized spacial score (nSPS) is 11.8. The minimum atomic E-state index is 0.596. The summed E-state index contributed by atoms with van der Waals surface area (Å²) in [5.74, 6) is 0.824. The van der Waals surface area contributed by atoms with E-state index < -0.39 is 0 Å². The zero-order valence-corrected chi connectivity index (χ0v) is 9.27. The van der Waals surface area contributed by atoms with Crippen LogP contribution in [-0.2, 0) is 0 Å². The Morgan fingerprint density at radius 2 is 1.81 bits per heavy atom. The fourth-order valence-corrected chi connectivity index (χ4v) is 1.82. The molecule has 0 radical (unpaired) electrons. The number of ether oxygens (including phenoxy) is 1. The van der Waals surface area contributed by atoms with Crippen molar-refractivity contribution in [3.05, 3.63) is 42.0 Å². The molecule has 0 saturated carbocycles. The zero-order valence-electron chi connectivity index (χ0n) is 9.27. The lowest BCUT2D eigenvalue weighted by Gasteiger charge is -2.09. The van der Waals surface area contributed by atoms with Crippen LogP contribution in [0.1, 0.15) is 12.5 Å². The molecule has 0 amide bonds. The van der Waals surface area contributed by atoms with Crippen LogP contribution in [0.4, 0.5) is 0 Å². The molecule has 0 aliphatic rings. The molecular formula is C13H13NO2. The fourth-order valence-electron chi connectivity index (χ4n) is 1.82. The van der Waals surface area contributed by atoms with Crippen LogP contribution in [0.25, 0.3) is 10.8 Å². The van der Waals surface area contributed by atoms with E-state index in [1.54, 1.807) is 14.0 Å². The van der Waals surface area contributed by atoms with Gasteiger partial charge in [0, 0.05) is 10.9 Å². The summed E-state index contributed by atoms with van der Waals surface area (Å²) in [6, 6.07) is 11.7. The highest BCUT2D eigenvalue weighted by atomic mass is 16.5. The fraction of sp³-hybridized carbons (Fsp3) is 0.154. The second-order valence-corrected chi connectivity index (χ2v) is 3.55. The number of hydrogen-bond acceptors (Lipinski definition) is 3. The molecule has 0 unspecified atom stereocenters. The van der Waals surface area contributed by atoms with Gasteiger partial charge in [-0.15, -0.1) is 0 Å². The van der Waals surface area contributed by atoms with Crippen LogP contribution < -0.4 is 4.74 Å². The summed E-state index contributed by atoms with van der Waals surface area (Å²) in [6.07, 6.45) is 0. The van der Waals surface area contributed by atoms with Gasteiger partial charge in [-0.2, -0.15) is 0 Å². The van der Waals surface area contributed by atoms with Gasteiger partial charge < -0.3 is 9.94 Å². The Balaban J connectivity index is 2.79. The second-order valence-electron chi connectivity index (χ2n) is 3.55. The lowest BCUT2D eigenvalue weighted by Crippen LogP contribution is -1.97. The standard InChI is InChI=1S/C13H13NO2/c1-9(14-15)10-7-8-13(16-2)12-6-4-3-5-11(10)12/h3-8,15H,1-2H3. The predicted octanol–water partition coefficient (Wildman–Crippen LogP) is 3.05. The van der Waals surface area contributed by atoms with Crippen LogP contribution in [0, 0.1) is 0 Å². The first-order valence-corrected chi connectivity index (χ1v) is 5.02. The lowest BCUT2D eigenvalue weighted by molar-refractivity contribution is 0.319. The van der Waals surface area contributed by atoms with Crippen LogP contribution >= 0.6 is 0 Å². The number of oxime groups is 1. The molecule has 2 rings (SSSR count). The topological polar surface area (TPSA) is 41.8 Å². The Bertz CT molecular complexity index is 547. The van der Waals surface area contributed by atoms with Crippen molar-refractivity contribution >= 4 is 16.5 Å². The molecule has 0 fully saturated rings. The van der Waals surface area contributed by atoms with Crippen molar-refractivity contribution < 1.29 is 9.94 Å². The van der Waals surface area contributed by atoms with Crippen molar-refractivity contribution in [2.45, 2.75) is 6.92 Å². The third kappa shape index (κ3) is 1.60. The number of nitrogens with zero attached hydrogens (tertiary/aromatic N) is 1. The minimum Gasteiger partial charge on any atom is -0.496 e. The summed E-state index contributed by atoms with van der Waals surface area (Å²) in [5.41, 5.74) is 1.51. The maximum atomic E-state index is 8.83. The van der Waals surface area contributed by atoms with Gasteiger partial charge in [-0.1, -0.05) is 29.4 Å².